The van der Waals surface area contributed by atoms with Crippen LogP contribution in [-0.2, 0) is 14.8 Å². The molecule has 0 aliphatic rings. The first kappa shape index (κ1) is 14.9. The molecule has 0 aromatic carbocycles. The van der Waals surface area contributed by atoms with Crippen molar-refractivity contribution >= 4 is 16.0 Å². The maximum Gasteiger partial charge on any atom is 0.323 e. The smallest absolute Gasteiger partial charge is 0.323 e. The zero-order chi connectivity index (χ0) is 12.9. The molecule has 0 aromatic rings. The molecule has 0 spiro atoms. The molecule has 0 aliphatic heterocycles. The van der Waals surface area contributed by atoms with E-state index in [0.717, 1.165) is 11.2 Å². The number of carboxylic acids is 1. The van der Waals surface area contributed by atoms with Crippen LogP contribution in [0.15, 0.2) is 0 Å². The van der Waals surface area contributed by atoms with Crippen LogP contribution in [0.2, 0.25) is 0 Å². The largest absolute Gasteiger partial charge is 0.480 e. The number of hydrogen-bond donors (Lipinski definition) is 1. The van der Waals surface area contributed by atoms with Gasteiger partial charge >= 0.3 is 5.97 Å². The first-order valence-corrected chi connectivity index (χ1v) is 6.35. The Hall–Kier alpha value is -1.13. The van der Waals surface area contributed by atoms with Crippen molar-refractivity contribution in [3.8, 4) is 6.07 Å². The molecule has 0 amide bonds. The van der Waals surface area contributed by atoms with Gasteiger partial charge in [0.1, 0.15) is 0 Å². The second-order valence-electron chi connectivity index (χ2n) is 3.64. The van der Waals surface area contributed by atoms with E-state index in [1.165, 1.54) is 0 Å². The molecule has 1 N–H and O–H groups in total. The van der Waals surface area contributed by atoms with Crippen LogP contribution in [0.4, 0.5) is 0 Å². The lowest BCUT2D eigenvalue weighted by molar-refractivity contribution is -0.136. The standard InChI is InChI=1S/C9H16N2O4S/c1-7(2)11(6-4-5-10)16(14,15)8(3)9(12)13/h7-8H,4,6H2,1-3H3,(H,12,13). The zero-order valence-corrected chi connectivity index (χ0v) is 10.4. The van der Waals surface area contributed by atoms with E-state index in [4.69, 9.17) is 10.4 Å². The van der Waals surface area contributed by atoms with Gasteiger partial charge in [-0.05, 0) is 20.8 Å². The Labute approximate surface area is 95.5 Å². The van der Waals surface area contributed by atoms with Gasteiger partial charge in [-0.3, -0.25) is 4.79 Å². The molecule has 1 atom stereocenters. The van der Waals surface area contributed by atoms with Crippen molar-refractivity contribution in [2.75, 3.05) is 6.54 Å². The van der Waals surface area contributed by atoms with E-state index in [1.807, 2.05) is 6.07 Å². The highest BCUT2D eigenvalue weighted by atomic mass is 32.2. The summed E-state index contributed by atoms with van der Waals surface area (Å²) < 4.78 is 24.8. The maximum atomic E-state index is 11.9. The van der Waals surface area contributed by atoms with Crippen LogP contribution in [0.3, 0.4) is 0 Å². The van der Waals surface area contributed by atoms with E-state index in [9.17, 15) is 13.2 Å². The number of carboxylic acid groups (broad SMARTS) is 1. The monoisotopic (exact) mass is 248 g/mol. The van der Waals surface area contributed by atoms with Crippen LogP contribution >= 0.6 is 0 Å². The van der Waals surface area contributed by atoms with Gasteiger partial charge in [-0.15, -0.1) is 0 Å². The highest BCUT2D eigenvalue weighted by Gasteiger charge is 2.34. The molecule has 92 valence electrons. The predicted molar refractivity (Wildman–Crippen MR) is 58.1 cm³/mol. The van der Waals surface area contributed by atoms with Crippen LogP contribution < -0.4 is 0 Å². The number of sulfonamides is 1. The number of hydrogen-bond acceptors (Lipinski definition) is 4. The van der Waals surface area contributed by atoms with Crippen molar-refractivity contribution < 1.29 is 18.3 Å². The summed E-state index contributed by atoms with van der Waals surface area (Å²) in [5, 5.41) is 15.6. The van der Waals surface area contributed by atoms with Gasteiger partial charge in [-0.25, -0.2) is 8.42 Å². The van der Waals surface area contributed by atoms with Crippen molar-refractivity contribution in [3.63, 3.8) is 0 Å². The Morgan fingerprint density at radius 3 is 2.25 bits per heavy atom. The van der Waals surface area contributed by atoms with Crippen LogP contribution in [0.25, 0.3) is 0 Å². The minimum Gasteiger partial charge on any atom is -0.480 e. The minimum atomic E-state index is -3.89. The molecule has 0 saturated carbocycles. The van der Waals surface area contributed by atoms with Crippen LogP contribution in [0, 0.1) is 11.3 Å². The summed E-state index contributed by atoms with van der Waals surface area (Å²) >= 11 is 0. The summed E-state index contributed by atoms with van der Waals surface area (Å²) in [6, 6.07) is 1.48. The predicted octanol–water partition coefficient (Wildman–Crippen LogP) is 0.413. The van der Waals surface area contributed by atoms with E-state index >= 15 is 0 Å². The van der Waals surface area contributed by atoms with Gasteiger partial charge in [0.2, 0.25) is 10.0 Å². The topological polar surface area (TPSA) is 98.5 Å². The molecular weight excluding hydrogens is 232 g/mol. The van der Waals surface area contributed by atoms with Gasteiger partial charge < -0.3 is 5.11 Å². The summed E-state index contributed by atoms with van der Waals surface area (Å²) in [4.78, 5) is 10.7. The number of rotatable bonds is 6. The lowest BCUT2D eigenvalue weighted by Crippen LogP contribution is -2.45. The summed E-state index contributed by atoms with van der Waals surface area (Å²) in [5.41, 5.74) is 0. The highest BCUT2D eigenvalue weighted by molar-refractivity contribution is 7.90. The van der Waals surface area contributed by atoms with Crippen molar-refractivity contribution in [3.05, 3.63) is 0 Å². The Kier molecular flexibility index (Phi) is 5.41. The zero-order valence-electron chi connectivity index (χ0n) is 9.54. The van der Waals surface area contributed by atoms with Crippen molar-refractivity contribution in [2.45, 2.75) is 38.5 Å². The van der Waals surface area contributed by atoms with Gasteiger partial charge in [0, 0.05) is 19.0 Å². The number of carbonyl (C=O) groups is 1. The summed E-state index contributed by atoms with van der Waals surface area (Å²) in [5.74, 6) is -1.39. The second kappa shape index (κ2) is 5.82. The highest BCUT2D eigenvalue weighted by Crippen LogP contribution is 2.13. The lowest BCUT2D eigenvalue weighted by Gasteiger charge is -2.26. The minimum absolute atomic E-state index is 0.0219. The number of nitrogens with zero attached hydrogens (tertiary/aromatic N) is 2. The summed E-state index contributed by atoms with van der Waals surface area (Å²) in [6.45, 7) is 4.43. The van der Waals surface area contributed by atoms with Crippen LogP contribution in [-0.4, -0.2) is 41.6 Å². The Morgan fingerprint density at radius 2 is 1.94 bits per heavy atom. The molecule has 7 heteroatoms. The fourth-order valence-corrected chi connectivity index (χ4v) is 2.76. The molecule has 0 aromatic heterocycles. The Morgan fingerprint density at radius 1 is 1.44 bits per heavy atom. The molecule has 0 fully saturated rings. The number of aliphatic carboxylic acids is 1. The molecule has 0 saturated heterocycles. The van der Waals surface area contributed by atoms with Gasteiger partial charge in [0.05, 0.1) is 6.07 Å². The summed E-state index contributed by atoms with van der Waals surface area (Å²) in [7, 11) is -3.89. The van der Waals surface area contributed by atoms with Crippen molar-refractivity contribution in [1.82, 2.24) is 4.31 Å². The average Bonchev–Trinajstić information content (AvgIpc) is 2.16. The fourth-order valence-electron chi connectivity index (χ4n) is 1.17. The normalized spacial score (nSPS) is 13.8. The third-order valence-corrected chi connectivity index (χ3v) is 4.49. The van der Waals surface area contributed by atoms with Crippen molar-refractivity contribution in [1.29, 1.82) is 5.26 Å². The fraction of sp³-hybridized carbons (Fsp3) is 0.778. The molecule has 0 radical (unpaired) electrons. The Bertz CT molecular complexity index is 383. The van der Waals surface area contributed by atoms with Gasteiger partial charge in [0.25, 0.3) is 0 Å². The first-order valence-electron chi connectivity index (χ1n) is 4.85. The molecule has 1 unspecified atom stereocenters. The van der Waals surface area contributed by atoms with Crippen LogP contribution in [0.5, 0.6) is 0 Å². The molecule has 0 heterocycles. The molecule has 6 nitrogen and oxygen atoms in total. The van der Waals surface area contributed by atoms with Gasteiger partial charge in [-0.2, -0.15) is 9.57 Å². The molecule has 0 rings (SSSR count). The second-order valence-corrected chi connectivity index (χ2v) is 5.84. The molecular formula is C9H16N2O4S. The third-order valence-electron chi connectivity index (χ3n) is 2.14. The molecule has 0 aliphatic carbocycles. The van der Waals surface area contributed by atoms with E-state index in [2.05, 4.69) is 0 Å². The average molecular weight is 248 g/mol. The molecule has 16 heavy (non-hydrogen) atoms. The molecule has 0 bridgehead atoms. The lowest BCUT2D eigenvalue weighted by atomic mass is 10.3. The van der Waals surface area contributed by atoms with E-state index < -0.39 is 21.2 Å². The Balaban J connectivity index is 5.06. The maximum absolute atomic E-state index is 11.9. The first-order chi connectivity index (χ1) is 7.25. The van der Waals surface area contributed by atoms with Crippen molar-refractivity contribution in [2.24, 2.45) is 0 Å². The third kappa shape index (κ3) is 3.47. The van der Waals surface area contributed by atoms with Crippen LogP contribution in [0.1, 0.15) is 27.2 Å². The van der Waals surface area contributed by atoms with E-state index in [-0.39, 0.29) is 19.0 Å². The summed E-state index contributed by atoms with van der Waals surface area (Å²) in [6.07, 6.45) is 0.0454. The van der Waals surface area contributed by atoms with E-state index in [0.29, 0.717) is 0 Å². The number of nitriles is 1. The van der Waals surface area contributed by atoms with Gasteiger partial charge in [0.15, 0.2) is 5.25 Å². The van der Waals surface area contributed by atoms with Gasteiger partial charge in [-0.1, -0.05) is 0 Å². The van der Waals surface area contributed by atoms with E-state index in [1.54, 1.807) is 13.8 Å². The SMILES string of the molecule is CC(C)N(CCC#N)S(=O)(=O)C(C)C(=O)O. The quantitative estimate of drug-likeness (QED) is 0.734.